The lowest BCUT2D eigenvalue weighted by atomic mass is 10.0. The number of rotatable bonds is 6. The zero-order valence-corrected chi connectivity index (χ0v) is 12.2. The van der Waals surface area contributed by atoms with Crippen LogP contribution in [0.2, 0.25) is 0 Å². The van der Waals surface area contributed by atoms with E-state index in [9.17, 15) is 20.0 Å². The number of hydrogen-bond acceptors (Lipinski definition) is 5. The maximum absolute atomic E-state index is 11.3. The van der Waals surface area contributed by atoms with Gasteiger partial charge in [0.15, 0.2) is 0 Å². The highest BCUT2D eigenvalue weighted by atomic mass is 16.6. The van der Waals surface area contributed by atoms with Gasteiger partial charge < -0.3 is 10.4 Å². The lowest BCUT2D eigenvalue weighted by molar-refractivity contribution is -0.384. The van der Waals surface area contributed by atoms with Crippen LogP contribution in [0, 0.1) is 16.0 Å². The lowest BCUT2D eigenvalue weighted by Crippen LogP contribution is -2.30. The molecule has 1 saturated carbocycles. The summed E-state index contributed by atoms with van der Waals surface area (Å²) in [6, 6.07) is -0.286. The zero-order chi connectivity index (χ0) is 15.6. The van der Waals surface area contributed by atoms with Gasteiger partial charge in [-0.1, -0.05) is 19.8 Å². The number of anilines is 1. The van der Waals surface area contributed by atoms with Crippen molar-refractivity contribution in [1.29, 1.82) is 0 Å². The summed E-state index contributed by atoms with van der Waals surface area (Å²) >= 11 is 0. The van der Waals surface area contributed by atoms with Crippen LogP contribution in [0.4, 0.5) is 11.5 Å². The topological polar surface area (TPSA) is 110 Å². The van der Waals surface area contributed by atoms with Gasteiger partial charge in [-0.2, -0.15) is 5.10 Å². The summed E-state index contributed by atoms with van der Waals surface area (Å²) in [5, 5.41) is 27.8. The fraction of sp³-hybridized carbons (Fsp3) is 0.692. The first-order valence-electron chi connectivity index (χ1n) is 7.15. The molecule has 1 aliphatic carbocycles. The van der Waals surface area contributed by atoms with Crippen molar-refractivity contribution in [3.05, 3.63) is 15.8 Å². The van der Waals surface area contributed by atoms with Crippen LogP contribution < -0.4 is 5.32 Å². The van der Waals surface area contributed by atoms with E-state index >= 15 is 0 Å². The summed E-state index contributed by atoms with van der Waals surface area (Å²) in [5.41, 5.74) is 0.410. The molecule has 21 heavy (non-hydrogen) atoms. The van der Waals surface area contributed by atoms with Gasteiger partial charge in [0.25, 0.3) is 0 Å². The third-order valence-corrected chi connectivity index (χ3v) is 3.92. The predicted octanol–water partition coefficient (Wildman–Crippen LogP) is 1.95. The Kier molecular flexibility index (Phi) is 4.44. The van der Waals surface area contributed by atoms with Gasteiger partial charge in [-0.15, -0.1) is 0 Å². The Bertz CT molecular complexity index is 555. The third kappa shape index (κ3) is 2.98. The van der Waals surface area contributed by atoms with Crippen molar-refractivity contribution in [2.24, 2.45) is 13.0 Å². The normalized spacial score (nSPS) is 21.4. The Morgan fingerprint density at radius 2 is 2.29 bits per heavy atom. The van der Waals surface area contributed by atoms with Gasteiger partial charge in [-0.05, 0) is 19.3 Å². The molecule has 0 bridgehead atoms. The molecular formula is C13H20N4O4. The molecule has 1 fully saturated rings. The largest absolute Gasteiger partial charge is 0.481 e. The minimum absolute atomic E-state index is 0.0320. The summed E-state index contributed by atoms with van der Waals surface area (Å²) in [6.45, 7) is 1.93. The Morgan fingerprint density at radius 3 is 2.86 bits per heavy atom. The molecule has 2 atom stereocenters. The van der Waals surface area contributed by atoms with Crippen molar-refractivity contribution < 1.29 is 14.8 Å². The molecule has 0 aliphatic heterocycles. The Morgan fingerprint density at radius 1 is 1.57 bits per heavy atom. The molecule has 8 nitrogen and oxygen atoms in total. The molecule has 2 rings (SSSR count). The van der Waals surface area contributed by atoms with Gasteiger partial charge in [0, 0.05) is 13.1 Å². The van der Waals surface area contributed by atoms with Gasteiger partial charge in [0.1, 0.15) is 5.69 Å². The first kappa shape index (κ1) is 15.3. The third-order valence-electron chi connectivity index (χ3n) is 3.92. The fourth-order valence-corrected chi connectivity index (χ4v) is 2.93. The molecule has 0 aromatic carbocycles. The molecule has 0 saturated heterocycles. The van der Waals surface area contributed by atoms with E-state index in [0.29, 0.717) is 30.8 Å². The minimum Gasteiger partial charge on any atom is -0.481 e. The smallest absolute Gasteiger partial charge is 0.333 e. The standard InChI is InChI=1S/C13H20N4O4/c1-3-5-10-11(17(20)21)12(16(2)15-10)14-9-7-4-6-8(9)13(18)19/h8-9,14H,3-7H2,1-2H3,(H,18,19). The Hall–Kier alpha value is -2.12. The molecule has 2 unspecified atom stereocenters. The van der Waals surface area contributed by atoms with Gasteiger partial charge >= 0.3 is 11.7 Å². The molecule has 1 heterocycles. The van der Waals surface area contributed by atoms with Crippen LogP contribution in [0.25, 0.3) is 0 Å². The number of nitrogens with zero attached hydrogens (tertiary/aromatic N) is 3. The van der Waals surface area contributed by atoms with Crippen molar-refractivity contribution in [2.45, 2.75) is 45.1 Å². The number of aromatic nitrogens is 2. The molecule has 0 radical (unpaired) electrons. The number of carboxylic acids is 1. The molecule has 8 heteroatoms. The number of nitrogens with one attached hydrogen (secondary N) is 1. The molecule has 2 N–H and O–H groups in total. The lowest BCUT2D eigenvalue weighted by Gasteiger charge is -2.18. The quantitative estimate of drug-likeness (QED) is 0.613. The number of aliphatic carboxylic acids is 1. The van der Waals surface area contributed by atoms with E-state index in [-0.39, 0.29) is 11.7 Å². The zero-order valence-electron chi connectivity index (χ0n) is 12.2. The van der Waals surface area contributed by atoms with Crippen LogP contribution in [0.5, 0.6) is 0 Å². The predicted molar refractivity (Wildman–Crippen MR) is 76.2 cm³/mol. The SMILES string of the molecule is CCCc1nn(C)c(NC2CCCC2C(=O)O)c1[N+](=O)[O-]. The summed E-state index contributed by atoms with van der Waals surface area (Å²) < 4.78 is 1.44. The van der Waals surface area contributed by atoms with E-state index in [4.69, 9.17) is 0 Å². The van der Waals surface area contributed by atoms with E-state index in [1.807, 2.05) is 6.92 Å². The van der Waals surface area contributed by atoms with Crippen molar-refractivity contribution in [3.63, 3.8) is 0 Å². The second-order valence-corrected chi connectivity index (χ2v) is 5.40. The summed E-state index contributed by atoms with van der Waals surface area (Å²) in [4.78, 5) is 22.1. The molecule has 0 spiro atoms. The van der Waals surface area contributed by atoms with Crippen LogP contribution in [-0.2, 0) is 18.3 Å². The van der Waals surface area contributed by atoms with Gasteiger partial charge in [-0.25, -0.2) is 4.68 Å². The van der Waals surface area contributed by atoms with Gasteiger partial charge in [0.2, 0.25) is 5.82 Å². The van der Waals surface area contributed by atoms with Crippen LogP contribution in [0.1, 0.15) is 38.3 Å². The molecule has 0 amide bonds. The van der Waals surface area contributed by atoms with Crippen molar-refractivity contribution in [3.8, 4) is 0 Å². The first-order valence-corrected chi connectivity index (χ1v) is 7.15. The summed E-state index contributed by atoms with van der Waals surface area (Å²) in [5.74, 6) is -1.06. The fourth-order valence-electron chi connectivity index (χ4n) is 2.93. The maximum Gasteiger partial charge on any atom is 0.333 e. The van der Waals surface area contributed by atoms with Crippen LogP contribution >= 0.6 is 0 Å². The first-order chi connectivity index (χ1) is 9.95. The van der Waals surface area contributed by atoms with E-state index in [1.165, 1.54) is 4.68 Å². The molecule has 116 valence electrons. The maximum atomic E-state index is 11.3. The van der Waals surface area contributed by atoms with Gasteiger partial charge in [-0.3, -0.25) is 14.9 Å². The van der Waals surface area contributed by atoms with Crippen LogP contribution in [0.3, 0.4) is 0 Å². The van der Waals surface area contributed by atoms with E-state index in [2.05, 4.69) is 10.4 Å². The number of aryl methyl sites for hydroxylation is 2. The van der Waals surface area contributed by atoms with E-state index < -0.39 is 16.8 Å². The molecule has 1 aromatic heterocycles. The highest BCUT2D eigenvalue weighted by Crippen LogP contribution is 2.34. The average Bonchev–Trinajstić information content (AvgIpc) is 2.96. The summed E-state index contributed by atoms with van der Waals surface area (Å²) in [6.07, 6.45) is 3.39. The second-order valence-electron chi connectivity index (χ2n) is 5.40. The molecule has 1 aromatic rings. The van der Waals surface area contributed by atoms with E-state index in [1.54, 1.807) is 7.05 Å². The summed E-state index contributed by atoms with van der Waals surface area (Å²) in [7, 11) is 1.64. The van der Waals surface area contributed by atoms with Crippen molar-refractivity contribution in [2.75, 3.05) is 5.32 Å². The number of hydrogen-bond donors (Lipinski definition) is 2. The Balaban J connectivity index is 2.31. The average molecular weight is 296 g/mol. The monoisotopic (exact) mass is 296 g/mol. The van der Waals surface area contributed by atoms with Crippen LogP contribution in [0.15, 0.2) is 0 Å². The number of nitro groups is 1. The highest BCUT2D eigenvalue weighted by molar-refractivity contribution is 5.72. The van der Waals surface area contributed by atoms with E-state index in [0.717, 1.165) is 12.8 Å². The molecule has 1 aliphatic rings. The minimum atomic E-state index is -0.858. The van der Waals surface area contributed by atoms with Crippen LogP contribution in [-0.4, -0.2) is 31.8 Å². The van der Waals surface area contributed by atoms with Crippen molar-refractivity contribution >= 4 is 17.5 Å². The van der Waals surface area contributed by atoms with Crippen molar-refractivity contribution in [1.82, 2.24) is 9.78 Å². The Labute approximate surface area is 122 Å². The van der Waals surface area contributed by atoms with Gasteiger partial charge in [0.05, 0.1) is 10.8 Å². The highest BCUT2D eigenvalue weighted by Gasteiger charge is 2.36. The number of carbonyl (C=O) groups is 1. The number of carboxylic acid groups (broad SMARTS) is 1. The second kappa shape index (κ2) is 6.11. The molecular weight excluding hydrogens is 276 g/mol.